The average Bonchev–Trinajstić information content (AvgIpc) is 3.13. The molecule has 0 radical (unpaired) electrons. The van der Waals surface area contributed by atoms with E-state index in [9.17, 15) is 14.9 Å². The van der Waals surface area contributed by atoms with Crippen LogP contribution in [-0.4, -0.2) is 17.5 Å². The molecule has 2 heterocycles. The number of Topliss-reactive ketones (excluding diaryl/α,β-unsaturated/α-hetero) is 1. The van der Waals surface area contributed by atoms with Crippen LogP contribution in [0.5, 0.6) is 17.2 Å². The number of carbonyl (C=O) groups is 1. The molecule has 8 nitrogen and oxygen atoms in total. The minimum Gasteiger partial charge on any atom is -0.489 e. The maximum Gasteiger partial charge on any atom is 0.269 e. The number of ketones is 1. The van der Waals surface area contributed by atoms with Crippen LogP contribution in [0.1, 0.15) is 32.6 Å². The summed E-state index contributed by atoms with van der Waals surface area (Å²) in [6.07, 6.45) is 1.57. The number of halogens is 1. The molecule has 34 heavy (non-hydrogen) atoms. The van der Waals surface area contributed by atoms with Crippen molar-refractivity contribution in [2.24, 2.45) is 0 Å². The largest absolute Gasteiger partial charge is 0.489 e. The second-order valence-corrected chi connectivity index (χ2v) is 8.77. The summed E-state index contributed by atoms with van der Waals surface area (Å²) < 4.78 is 23.8. The first-order valence-corrected chi connectivity index (χ1v) is 11.2. The van der Waals surface area contributed by atoms with E-state index in [0.29, 0.717) is 29.2 Å². The van der Waals surface area contributed by atoms with Crippen molar-refractivity contribution >= 4 is 33.5 Å². The van der Waals surface area contributed by atoms with Gasteiger partial charge in [-0.25, -0.2) is 0 Å². The molecule has 0 fully saturated rings. The third-order valence-electron chi connectivity index (χ3n) is 5.49. The zero-order chi connectivity index (χ0) is 23.8. The van der Waals surface area contributed by atoms with Crippen LogP contribution in [0, 0.1) is 17.0 Å². The number of nitro groups is 1. The van der Waals surface area contributed by atoms with E-state index in [0.717, 1.165) is 26.9 Å². The van der Waals surface area contributed by atoms with Gasteiger partial charge in [-0.1, -0.05) is 15.9 Å². The highest BCUT2D eigenvalue weighted by Crippen LogP contribution is 2.38. The van der Waals surface area contributed by atoms with Gasteiger partial charge in [-0.05, 0) is 54.5 Å². The van der Waals surface area contributed by atoms with Gasteiger partial charge in [0.15, 0.2) is 12.6 Å². The zero-order valence-electron chi connectivity index (χ0n) is 18.0. The van der Waals surface area contributed by atoms with Crippen LogP contribution in [-0.2, 0) is 18.0 Å². The Morgan fingerprint density at radius 2 is 1.97 bits per heavy atom. The molecule has 0 aromatic heterocycles. The van der Waals surface area contributed by atoms with Crippen molar-refractivity contribution < 1.29 is 28.7 Å². The van der Waals surface area contributed by atoms with Crippen molar-refractivity contribution in [3.05, 3.63) is 96.7 Å². The van der Waals surface area contributed by atoms with Crippen molar-refractivity contribution in [1.29, 1.82) is 0 Å². The van der Waals surface area contributed by atoms with Crippen molar-refractivity contribution in [2.75, 3.05) is 6.79 Å². The molecule has 5 rings (SSSR count). The third-order valence-corrected chi connectivity index (χ3v) is 5.95. The summed E-state index contributed by atoms with van der Waals surface area (Å²) >= 11 is 3.51. The van der Waals surface area contributed by atoms with Gasteiger partial charge in [0.2, 0.25) is 5.78 Å². The number of nitrogens with zero attached hydrogens (tertiary/aromatic N) is 1. The van der Waals surface area contributed by atoms with Crippen LogP contribution in [0.25, 0.3) is 6.08 Å². The molecule has 2 aliphatic rings. The highest BCUT2D eigenvalue weighted by molar-refractivity contribution is 9.10. The number of fused-ring (bicyclic) bond motifs is 2. The average molecular weight is 524 g/mol. The normalized spacial score (nSPS) is 15.4. The second-order valence-electron chi connectivity index (χ2n) is 7.85. The Kier molecular flexibility index (Phi) is 5.80. The monoisotopic (exact) mass is 523 g/mol. The lowest BCUT2D eigenvalue weighted by molar-refractivity contribution is -0.384. The first-order chi connectivity index (χ1) is 16.4. The molecule has 172 valence electrons. The fourth-order valence-electron chi connectivity index (χ4n) is 3.93. The van der Waals surface area contributed by atoms with E-state index in [4.69, 9.17) is 18.9 Å². The number of hydrogen-bond donors (Lipinski definition) is 0. The van der Waals surface area contributed by atoms with Crippen LogP contribution in [0.3, 0.4) is 0 Å². The molecule has 0 aliphatic carbocycles. The molecule has 0 saturated carbocycles. The molecule has 0 atom stereocenters. The van der Waals surface area contributed by atoms with E-state index in [1.54, 1.807) is 30.3 Å². The summed E-state index contributed by atoms with van der Waals surface area (Å²) in [6, 6.07) is 13.3. The van der Waals surface area contributed by atoms with Crippen LogP contribution in [0.4, 0.5) is 5.69 Å². The minimum absolute atomic E-state index is 0.0219. The fraction of sp³-hybridized carbons (Fsp3) is 0.160. The van der Waals surface area contributed by atoms with Gasteiger partial charge in [0.05, 0.1) is 17.1 Å². The van der Waals surface area contributed by atoms with Crippen molar-refractivity contribution in [2.45, 2.75) is 20.1 Å². The number of non-ortho nitro benzene ring substituents is 1. The molecule has 0 spiro atoms. The number of nitro benzene ring substituents is 1. The molecule has 2 aliphatic heterocycles. The van der Waals surface area contributed by atoms with E-state index >= 15 is 0 Å². The highest BCUT2D eigenvalue weighted by atomic mass is 79.9. The number of rotatable bonds is 5. The molecular formula is C25H18BrNO7. The Bertz CT molecular complexity index is 1350. The van der Waals surface area contributed by atoms with Crippen LogP contribution >= 0.6 is 15.9 Å². The lowest BCUT2D eigenvalue weighted by Crippen LogP contribution is -2.14. The summed E-state index contributed by atoms with van der Waals surface area (Å²) in [7, 11) is 0. The maximum atomic E-state index is 12.9. The topological polar surface area (TPSA) is 97.1 Å². The van der Waals surface area contributed by atoms with Crippen molar-refractivity contribution in [1.82, 2.24) is 0 Å². The van der Waals surface area contributed by atoms with Crippen LogP contribution < -0.4 is 14.2 Å². The quantitative estimate of drug-likeness (QED) is 0.239. The first-order valence-electron chi connectivity index (χ1n) is 10.4. The standard InChI is InChI=1S/C25H18BrNO7/c1-14-6-20(32-12-17-9-18(26)8-16-11-31-13-33-25(16)17)10-21-23(14)24(28)22(34-21)7-15-2-4-19(5-3-15)27(29)30/h2-10H,11-13H2,1H3/b22-7-. The number of allylic oxidation sites excluding steroid dienone is 1. The van der Waals surface area contributed by atoms with E-state index in [2.05, 4.69) is 15.9 Å². The third kappa shape index (κ3) is 4.27. The van der Waals surface area contributed by atoms with Gasteiger partial charge in [0.1, 0.15) is 23.9 Å². The molecule has 0 bridgehead atoms. The smallest absolute Gasteiger partial charge is 0.269 e. The number of benzene rings is 3. The van der Waals surface area contributed by atoms with Gasteiger partial charge in [-0.15, -0.1) is 0 Å². The Balaban J connectivity index is 1.37. The highest BCUT2D eigenvalue weighted by Gasteiger charge is 2.30. The summed E-state index contributed by atoms with van der Waals surface area (Å²) in [4.78, 5) is 23.3. The fourth-order valence-corrected chi connectivity index (χ4v) is 4.48. The number of carbonyl (C=O) groups excluding carboxylic acids is 1. The van der Waals surface area contributed by atoms with E-state index in [1.165, 1.54) is 12.1 Å². The predicted octanol–water partition coefficient (Wildman–Crippen LogP) is 5.73. The van der Waals surface area contributed by atoms with Gasteiger partial charge in [0.25, 0.3) is 5.69 Å². The number of ether oxygens (including phenoxy) is 4. The summed E-state index contributed by atoms with van der Waals surface area (Å²) in [5.41, 5.74) is 3.62. The van der Waals surface area contributed by atoms with E-state index in [-0.39, 0.29) is 30.6 Å². The Morgan fingerprint density at radius 1 is 1.18 bits per heavy atom. The van der Waals surface area contributed by atoms with Gasteiger partial charge < -0.3 is 18.9 Å². The number of hydrogen-bond acceptors (Lipinski definition) is 7. The van der Waals surface area contributed by atoms with Gasteiger partial charge >= 0.3 is 0 Å². The molecular weight excluding hydrogens is 506 g/mol. The summed E-state index contributed by atoms with van der Waals surface area (Å²) in [5.74, 6) is 1.63. The predicted molar refractivity (Wildman–Crippen MR) is 126 cm³/mol. The molecule has 0 amide bonds. The van der Waals surface area contributed by atoms with E-state index < -0.39 is 4.92 Å². The summed E-state index contributed by atoms with van der Waals surface area (Å²) in [5, 5.41) is 10.8. The molecule has 0 saturated heterocycles. The Hall–Kier alpha value is -3.69. The molecule has 0 N–H and O–H groups in total. The Morgan fingerprint density at radius 3 is 2.74 bits per heavy atom. The first kappa shape index (κ1) is 22.1. The second kappa shape index (κ2) is 8.92. The van der Waals surface area contributed by atoms with Gasteiger partial charge in [0, 0.05) is 33.8 Å². The van der Waals surface area contributed by atoms with Crippen LogP contribution in [0.15, 0.2) is 58.8 Å². The van der Waals surface area contributed by atoms with Crippen molar-refractivity contribution in [3.8, 4) is 17.2 Å². The summed E-state index contributed by atoms with van der Waals surface area (Å²) in [6.45, 7) is 2.75. The van der Waals surface area contributed by atoms with E-state index in [1.807, 2.05) is 19.1 Å². The zero-order valence-corrected chi connectivity index (χ0v) is 19.6. The Labute approximate surface area is 203 Å². The van der Waals surface area contributed by atoms with Gasteiger partial charge in [-0.3, -0.25) is 14.9 Å². The molecule has 3 aromatic rings. The SMILES string of the molecule is Cc1cc(OCc2cc(Br)cc3c2OCOC3)cc2c1C(=O)/C(=C/c1ccc([N+](=O)[O-])cc1)O2. The van der Waals surface area contributed by atoms with Gasteiger partial charge in [-0.2, -0.15) is 0 Å². The molecule has 9 heteroatoms. The molecule has 3 aromatic carbocycles. The lowest BCUT2D eigenvalue weighted by Gasteiger charge is -2.21. The number of aryl methyl sites for hydroxylation is 1. The maximum absolute atomic E-state index is 12.9. The van der Waals surface area contributed by atoms with Crippen LogP contribution in [0.2, 0.25) is 0 Å². The molecule has 0 unspecified atom stereocenters. The van der Waals surface area contributed by atoms with Crippen molar-refractivity contribution in [3.63, 3.8) is 0 Å². The minimum atomic E-state index is -0.473. The lowest BCUT2D eigenvalue weighted by atomic mass is 10.0.